The van der Waals surface area contributed by atoms with Crippen LogP contribution in [0.25, 0.3) is 0 Å². The summed E-state index contributed by atoms with van der Waals surface area (Å²) < 4.78 is 30.4. The number of aliphatic carboxylic acids is 1. The smallest absolute Gasteiger partial charge is 0.304 e. The number of furan rings is 1. The Hall–Kier alpha value is -1.34. The third-order valence-electron chi connectivity index (χ3n) is 2.05. The molecule has 0 aliphatic heterocycles. The van der Waals surface area contributed by atoms with Gasteiger partial charge in [-0.2, -0.15) is 0 Å². The summed E-state index contributed by atoms with van der Waals surface area (Å²) >= 11 is 0. The Bertz CT molecular complexity index is 451. The van der Waals surface area contributed by atoms with Crippen LogP contribution in [-0.4, -0.2) is 31.3 Å². The highest BCUT2D eigenvalue weighted by Gasteiger charge is 2.16. The van der Waals surface area contributed by atoms with E-state index in [9.17, 15) is 13.2 Å². The summed E-state index contributed by atoms with van der Waals surface area (Å²) in [5.41, 5.74) is 0. The van der Waals surface area contributed by atoms with E-state index in [1.165, 1.54) is 6.26 Å². The van der Waals surface area contributed by atoms with E-state index in [4.69, 9.17) is 9.52 Å². The molecule has 0 amide bonds. The molecule has 1 aromatic heterocycles. The number of carbonyl (C=O) groups is 1. The molecule has 0 saturated heterocycles. The zero-order valence-corrected chi connectivity index (χ0v) is 10.2. The molecule has 1 aromatic rings. The summed E-state index contributed by atoms with van der Waals surface area (Å²) in [4.78, 5) is 10.3. The van der Waals surface area contributed by atoms with Crippen molar-refractivity contribution in [3.05, 3.63) is 24.2 Å². The maximum Gasteiger partial charge on any atom is 0.304 e. The van der Waals surface area contributed by atoms with Crippen LogP contribution in [0.5, 0.6) is 0 Å². The van der Waals surface area contributed by atoms with E-state index >= 15 is 0 Å². The molecule has 1 heterocycles. The summed E-state index contributed by atoms with van der Waals surface area (Å²) in [6, 6.07) is 3.14. The van der Waals surface area contributed by atoms with E-state index in [2.05, 4.69) is 4.72 Å². The van der Waals surface area contributed by atoms with Crippen molar-refractivity contribution in [2.75, 3.05) is 5.75 Å². The van der Waals surface area contributed by atoms with Gasteiger partial charge in [-0.3, -0.25) is 4.79 Å². The molecular formula is C10H15NO5S. The molecule has 17 heavy (non-hydrogen) atoms. The van der Waals surface area contributed by atoms with Gasteiger partial charge in [0, 0.05) is 12.5 Å². The lowest BCUT2D eigenvalue weighted by Gasteiger charge is -2.12. The van der Waals surface area contributed by atoms with Gasteiger partial charge in [0.25, 0.3) is 0 Å². The second-order valence-corrected chi connectivity index (χ2v) is 5.64. The van der Waals surface area contributed by atoms with Crippen molar-refractivity contribution in [3.63, 3.8) is 0 Å². The predicted molar refractivity (Wildman–Crippen MR) is 61.0 cm³/mol. The van der Waals surface area contributed by atoms with Gasteiger partial charge in [0.15, 0.2) is 0 Å². The maximum absolute atomic E-state index is 11.5. The van der Waals surface area contributed by atoms with Gasteiger partial charge >= 0.3 is 5.97 Å². The first-order valence-electron chi connectivity index (χ1n) is 5.13. The van der Waals surface area contributed by atoms with Crippen molar-refractivity contribution < 1.29 is 22.7 Å². The second kappa shape index (κ2) is 5.83. The molecule has 0 aliphatic rings. The van der Waals surface area contributed by atoms with E-state index in [1.807, 2.05) is 0 Å². The number of carboxylic acids is 1. The Kier molecular flexibility index (Phi) is 4.71. The lowest BCUT2D eigenvalue weighted by atomic mass is 10.2. The molecule has 0 aromatic carbocycles. The van der Waals surface area contributed by atoms with Crippen molar-refractivity contribution in [1.82, 2.24) is 4.72 Å². The van der Waals surface area contributed by atoms with Gasteiger partial charge in [0.2, 0.25) is 10.0 Å². The van der Waals surface area contributed by atoms with E-state index < -0.39 is 28.2 Å². The fourth-order valence-corrected chi connectivity index (χ4v) is 2.62. The van der Waals surface area contributed by atoms with Crippen molar-refractivity contribution in [3.8, 4) is 0 Å². The third-order valence-corrected chi connectivity index (χ3v) is 3.56. The number of rotatable bonds is 7. The van der Waals surface area contributed by atoms with Gasteiger partial charge in [0.1, 0.15) is 5.76 Å². The van der Waals surface area contributed by atoms with Crippen LogP contribution >= 0.6 is 0 Å². The zero-order chi connectivity index (χ0) is 12.9. The molecule has 0 bridgehead atoms. The second-order valence-electron chi connectivity index (χ2n) is 3.76. The molecule has 96 valence electrons. The summed E-state index contributed by atoms with van der Waals surface area (Å²) in [5.74, 6) is -0.863. The molecule has 1 rings (SSSR count). The minimum atomic E-state index is -3.55. The Balaban J connectivity index is 2.44. The molecule has 1 unspecified atom stereocenters. The van der Waals surface area contributed by atoms with Gasteiger partial charge in [0.05, 0.1) is 18.4 Å². The highest BCUT2D eigenvalue weighted by atomic mass is 32.2. The zero-order valence-electron chi connectivity index (χ0n) is 9.42. The number of nitrogens with one attached hydrogen (secondary N) is 1. The first-order chi connectivity index (χ1) is 7.89. The first-order valence-corrected chi connectivity index (χ1v) is 6.78. The quantitative estimate of drug-likeness (QED) is 0.749. The Morgan fingerprint density at radius 1 is 1.59 bits per heavy atom. The third kappa shape index (κ3) is 5.50. The first kappa shape index (κ1) is 13.7. The van der Waals surface area contributed by atoms with Crippen LogP contribution in [0.3, 0.4) is 0 Å². The molecule has 0 radical (unpaired) electrons. The SMILES string of the molecule is CC(Cc1ccco1)NS(=O)(=O)CCC(=O)O. The minimum absolute atomic E-state index is 0.333. The van der Waals surface area contributed by atoms with E-state index in [0.717, 1.165) is 0 Å². The van der Waals surface area contributed by atoms with Gasteiger partial charge in [-0.25, -0.2) is 13.1 Å². The average molecular weight is 261 g/mol. The minimum Gasteiger partial charge on any atom is -0.481 e. The molecule has 0 spiro atoms. The van der Waals surface area contributed by atoms with Crippen LogP contribution in [0.2, 0.25) is 0 Å². The Labute approximate surface area is 99.7 Å². The highest BCUT2D eigenvalue weighted by Crippen LogP contribution is 2.05. The van der Waals surface area contributed by atoms with Gasteiger partial charge < -0.3 is 9.52 Å². The van der Waals surface area contributed by atoms with E-state index in [1.54, 1.807) is 19.1 Å². The Morgan fingerprint density at radius 3 is 2.82 bits per heavy atom. The molecular weight excluding hydrogens is 246 g/mol. The van der Waals surface area contributed by atoms with Crippen LogP contribution in [0.1, 0.15) is 19.1 Å². The molecule has 7 heteroatoms. The van der Waals surface area contributed by atoms with Crippen LogP contribution < -0.4 is 4.72 Å². The van der Waals surface area contributed by atoms with E-state index in [-0.39, 0.29) is 6.04 Å². The summed E-state index contributed by atoms with van der Waals surface area (Å²) in [6.07, 6.45) is 1.54. The largest absolute Gasteiger partial charge is 0.481 e. The summed E-state index contributed by atoms with van der Waals surface area (Å²) in [6.45, 7) is 1.70. The van der Waals surface area contributed by atoms with Gasteiger partial charge in [-0.1, -0.05) is 0 Å². The van der Waals surface area contributed by atoms with Gasteiger partial charge in [-0.15, -0.1) is 0 Å². The predicted octanol–water partition coefficient (Wildman–Crippen LogP) is 0.605. The van der Waals surface area contributed by atoms with Crippen LogP contribution in [0.4, 0.5) is 0 Å². The lowest BCUT2D eigenvalue weighted by molar-refractivity contribution is -0.136. The summed E-state index contributed by atoms with van der Waals surface area (Å²) in [5, 5.41) is 8.41. The van der Waals surface area contributed by atoms with Crippen LogP contribution in [0.15, 0.2) is 22.8 Å². The van der Waals surface area contributed by atoms with Crippen molar-refractivity contribution in [1.29, 1.82) is 0 Å². The summed E-state index contributed by atoms with van der Waals surface area (Å²) in [7, 11) is -3.55. The molecule has 2 N–H and O–H groups in total. The normalized spacial score (nSPS) is 13.5. The molecule has 0 fully saturated rings. The van der Waals surface area contributed by atoms with Gasteiger partial charge in [-0.05, 0) is 19.1 Å². The molecule has 1 atom stereocenters. The number of hydrogen-bond acceptors (Lipinski definition) is 4. The molecule has 0 aliphatic carbocycles. The standard InChI is InChI=1S/C10H15NO5S/c1-8(7-9-3-2-5-16-9)11-17(14,15)6-4-10(12)13/h2-3,5,8,11H,4,6-7H2,1H3,(H,12,13). The molecule has 0 saturated carbocycles. The lowest BCUT2D eigenvalue weighted by Crippen LogP contribution is -2.36. The number of carboxylic acid groups (broad SMARTS) is 1. The van der Waals surface area contributed by atoms with Crippen LogP contribution in [-0.2, 0) is 21.2 Å². The van der Waals surface area contributed by atoms with Crippen LogP contribution in [0, 0.1) is 0 Å². The average Bonchev–Trinajstić information content (AvgIpc) is 2.66. The molecule has 6 nitrogen and oxygen atoms in total. The van der Waals surface area contributed by atoms with E-state index in [0.29, 0.717) is 12.2 Å². The Morgan fingerprint density at radius 2 is 2.29 bits per heavy atom. The number of sulfonamides is 1. The fraction of sp³-hybridized carbons (Fsp3) is 0.500. The van der Waals surface area contributed by atoms with Crippen molar-refractivity contribution in [2.45, 2.75) is 25.8 Å². The van der Waals surface area contributed by atoms with Crippen molar-refractivity contribution >= 4 is 16.0 Å². The maximum atomic E-state index is 11.5. The monoisotopic (exact) mass is 261 g/mol. The number of hydrogen-bond donors (Lipinski definition) is 2. The fourth-order valence-electron chi connectivity index (χ4n) is 1.36. The highest BCUT2D eigenvalue weighted by molar-refractivity contribution is 7.89. The topological polar surface area (TPSA) is 96.6 Å². The van der Waals surface area contributed by atoms with Crippen molar-refractivity contribution in [2.24, 2.45) is 0 Å².